The van der Waals surface area contributed by atoms with E-state index in [9.17, 15) is 19.4 Å². The van der Waals surface area contributed by atoms with Crippen LogP contribution >= 0.6 is 7.82 Å². The van der Waals surface area contributed by atoms with Gasteiger partial charge in [-0.3, -0.25) is 13.8 Å². The summed E-state index contributed by atoms with van der Waals surface area (Å²) in [5, 5.41) is 13.9. The van der Waals surface area contributed by atoms with Crippen LogP contribution in [-0.2, 0) is 18.4 Å². The van der Waals surface area contributed by atoms with Gasteiger partial charge in [0.15, 0.2) is 0 Å². The van der Waals surface area contributed by atoms with Gasteiger partial charge in [-0.15, -0.1) is 0 Å². The number of phosphoric acid groups is 1. The van der Waals surface area contributed by atoms with E-state index in [2.05, 4.69) is 43.5 Å². The number of rotatable bonds is 57. The average Bonchev–Trinajstić information content (AvgIpc) is 3.33. The lowest BCUT2D eigenvalue weighted by Gasteiger charge is -2.25. The maximum Gasteiger partial charge on any atom is 0.472 e. The number of hydrogen-bond acceptors (Lipinski definition) is 5. The predicted molar refractivity (Wildman–Crippen MR) is 309 cm³/mol. The number of carbonyl (C=O) groups is 1. The highest BCUT2D eigenvalue weighted by molar-refractivity contribution is 7.47. The van der Waals surface area contributed by atoms with E-state index in [4.69, 9.17) is 9.05 Å². The third kappa shape index (κ3) is 56.3. The number of hydrogen-bond donors (Lipinski definition) is 3. The number of aliphatic hydroxyl groups is 1. The molecule has 0 heterocycles. The first kappa shape index (κ1) is 69.7. The van der Waals surface area contributed by atoms with Gasteiger partial charge < -0.3 is 19.8 Å². The fourth-order valence-corrected chi connectivity index (χ4v) is 9.99. The maximum absolute atomic E-state index is 13.0. The van der Waals surface area contributed by atoms with Crippen LogP contribution in [-0.4, -0.2) is 73.4 Å². The molecule has 9 heteroatoms. The Bertz CT molecular complexity index is 1250. The molecule has 0 aromatic heterocycles. The molecule has 3 unspecified atom stereocenters. The van der Waals surface area contributed by atoms with E-state index in [0.717, 1.165) is 44.9 Å². The topological polar surface area (TPSA) is 105 Å². The number of carbonyl (C=O) groups excluding carboxylic acids is 1. The molecule has 0 aromatic rings. The van der Waals surface area contributed by atoms with Gasteiger partial charge in [0.1, 0.15) is 13.2 Å². The summed E-state index contributed by atoms with van der Waals surface area (Å²) in [6, 6.07) is -0.844. The van der Waals surface area contributed by atoms with Crippen LogP contribution in [0.3, 0.4) is 0 Å². The summed E-state index contributed by atoms with van der Waals surface area (Å²) in [6.07, 6.45) is 70.0. The zero-order valence-corrected chi connectivity index (χ0v) is 48.9. The molecule has 0 saturated heterocycles. The molecule has 0 fully saturated rings. The van der Waals surface area contributed by atoms with Gasteiger partial charge in [-0.05, 0) is 51.4 Å². The monoisotopic (exact) mass is 1020 g/mol. The van der Waals surface area contributed by atoms with Crippen LogP contribution in [0.4, 0.5) is 0 Å². The van der Waals surface area contributed by atoms with Gasteiger partial charge in [0.05, 0.1) is 39.9 Å². The summed E-state index contributed by atoms with van der Waals surface area (Å²) in [6.45, 7) is 4.83. The van der Waals surface area contributed by atoms with Crippen molar-refractivity contribution in [1.29, 1.82) is 0 Å². The fourth-order valence-electron chi connectivity index (χ4n) is 9.25. The minimum absolute atomic E-state index is 0.0626. The van der Waals surface area contributed by atoms with E-state index in [1.165, 1.54) is 238 Å². The van der Waals surface area contributed by atoms with Crippen LogP contribution in [0.2, 0.25) is 0 Å². The van der Waals surface area contributed by atoms with Gasteiger partial charge in [-0.1, -0.05) is 281 Å². The van der Waals surface area contributed by atoms with E-state index >= 15 is 0 Å². The average molecular weight is 1020 g/mol. The van der Waals surface area contributed by atoms with Crippen LogP contribution in [0, 0.1) is 0 Å². The smallest absolute Gasteiger partial charge is 0.387 e. The number of allylic oxidation sites excluding steroid dienone is 5. The van der Waals surface area contributed by atoms with Crippen molar-refractivity contribution >= 4 is 13.7 Å². The lowest BCUT2D eigenvalue weighted by Crippen LogP contribution is -2.45. The van der Waals surface area contributed by atoms with Crippen molar-refractivity contribution in [3.63, 3.8) is 0 Å². The van der Waals surface area contributed by atoms with Gasteiger partial charge in [-0.25, -0.2) is 4.57 Å². The standard InChI is InChI=1S/C62H121N2O6P/c1-6-8-10-12-14-16-18-20-21-22-23-24-25-26-27-28-29-30-31-32-33-34-35-36-37-38-39-40-41-42-43-44-46-48-50-52-54-56-62(66)63-60(59-70-71(67,68)69-58-57-64(3,4)5)61(65)55-53-51-49-47-45-19-17-15-13-11-9-7-2/h27-28,30-31,53,55,60-61,65H,6-26,29,32-52,54,56-59H2,1-5H3,(H-,63,66,67,68)/p+1/b28-27-,31-30-,55-53+. The Morgan fingerprint density at radius 2 is 0.803 bits per heavy atom. The molecule has 3 N–H and O–H groups in total. The number of likely N-dealkylation sites (N-methyl/N-ethyl adjacent to an activating group) is 1. The largest absolute Gasteiger partial charge is 0.472 e. The van der Waals surface area contributed by atoms with Crippen molar-refractivity contribution in [2.45, 2.75) is 315 Å². The Kier molecular flexibility index (Phi) is 52.6. The van der Waals surface area contributed by atoms with Crippen LogP contribution < -0.4 is 5.32 Å². The second-order valence-electron chi connectivity index (χ2n) is 22.4. The van der Waals surface area contributed by atoms with Crippen LogP contribution in [0.15, 0.2) is 36.5 Å². The Morgan fingerprint density at radius 1 is 0.479 bits per heavy atom. The molecule has 0 aliphatic carbocycles. The number of nitrogens with one attached hydrogen (secondary N) is 1. The van der Waals surface area contributed by atoms with E-state index in [1.807, 2.05) is 27.2 Å². The van der Waals surface area contributed by atoms with Crippen molar-refractivity contribution in [2.24, 2.45) is 0 Å². The molecular weight excluding hydrogens is 900 g/mol. The summed E-state index contributed by atoms with van der Waals surface area (Å²) in [4.78, 5) is 23.2. The molecular formula is C62H122N2O6P+. The van der Waals surface area contributed by atoms with E-state index in [1.54, 1.807) is 6.08 Å². The molecule has 71 heavy (non-hydrogen) atoms. The first-order valence-electron chi connectivity index (χ1n) is 30.9. The summed E-state index contributed by atoms with van der Waals surface area (Å²) < 4.78 is 23.7. The molecule has 0 bridgehead atoms. The molecule has 0 spiro atoms. The molecule has 1 amide bonds. The molecule has 8 nitrogen and oxygen atoms in total. The molecule has 420 valence electrons. The van der Waals surface area contributed by atoms with Gasteiger partial charge in [-0.2, -0.15) is 0 Å². The minimum Gasteiger partial charge on any atom is -0.387 e. The third-order valence-electron chi connectivity index (χ3n) is 14.1. The Balaban J connectivity index is 3.91. The van der Waals surface area contributed by atoms with E-state index in [-0.39, 0.29) is 19.1 Å². The highest BCUT2D eigenvalue weighted by atomic mass is 31.2. The number of phosphoric ester groups is 1. The minimum atomic E-state index is -4.34. The van der Waals surface area contributed by atoms with Gasteiger partial charge in [0, 0.05) is 6.42 Å². The number of quaternary nitrogens is 1. The molecule has 0 saturated carbocycles. The van der Waals surface area contributed by atoms with Gasteiger partial charge >= 0.3 is 7.82 Å². The predicted octanol–water partition coefficient (Wildman–Crippen LogP) is 18.9. The molecule has 0 radical (unpaired) electrons. The number of amides is 1. The highest BCUT2D eigenvalue weighted by Gasteiger charge is 2.27. The van der Waals surface area contributed by atoms with Gasteiger partial charge in [0.25, 0.3) is 0 Å². The highest BCUT2D eigenvalue weighted by Crippen LogP contribution is 2.43. The number of nitrogens with zero attached hydrogens (tertiary/aromatic N) is 1. The summed E-state index contributed by atoms with van der Waals surface area (Å²) >= 11 is 0. The first-order valence-corrected chi connectivity index (χ1v) is 32.4. The summed E-state index contributed by atoms with van der Waals surface area (Å²) in [7, 11) is 1.58. The van der Waals surface area contributed by atoms with Crippen LogP contribution in [0.25, 0.3) is 0 Å². The lowest BCUT2D eigenvalue weighted by molar-refractivity contribution is -0.870. The Hall–Kier alpha value is -1.28. The van der Waals surface area contributed by atoms with Crippen molar-refractivity contribution in [1.82, 2.24) is 5.32 Å². The summed E-state index contributed by atoms with van der Waals surface area (Å²) in [5.41, 5.74) is 0. The lowest BCUT2D eigenvalue weighted by atomic mass is 10.0. The van der Waals surface area contributed by atoms with Crippen molar-refractivity contribution < 1.29 is 32.9 Å². The Labute approximate surface area is 442 Å². The molecule has 0 rings (SSSR count). The zero-order valence-electron chi connectivity index (χ0n) is 48.0. The molecule has 0 aliphatic rings. The second kappa shape index (κ2) is 53.5. The quantitative estimate of drug-likeness (QED) is 0.0243. The molecule has 0 aromatic carbocycles. The van der Waals surface area contributed by atoms with Crippen molar-refractivity contribution in [3.8, 4) is 0 Å². The number of unbranched alkanes of at least 4 members (excludes halogenated alkanes) is 40. The summed E-state index contributed by atoms with van der Waals surface area (Å²) in [5.74, 6) is -0.174. The van der Waals surface area contributed by atoms with Crippen molar-refractivity contribution in [2.75, 3.05) is 40.9 Å². The fraction of sp³-hybridized carbons (Fsp3) is 0.887. The third-order valence-corrected chi connectivity index (χ3v) is 15.1. The van der Waals surface area contributed by atoms with Crippen LogP contribution in [0.5, 0.6) is 0 Å². The SMILES string of the molecule is CCCCCCCCCCCC/C=C/C(O)C(COP(=O)(O)OCC[N+](C)(C)C)NC(=O)CCCCCCCCCCCCCCCCCCC/C=C\C/C=C\CCCCCCCCCCCCCCC. The maximum atomic E-state index is 13.0. The van der Waals surface area contributed by atoms with Crippen molar-refractivity contribution in [3.05, 3.63) is 36.5 Å². The Morgan fingerprint density at radius 3 is 1.15 bits per heavy atom. The van der Waals surface area contributed by atoms with Crippen LogP contribution in [0.1, 0.15) is 303 Å². The molecule has 0 aliphatic heterocycles. The van der Waals surface area contributed by atoms with Gasteiger partial charge in [0.2, 0.25) is 5.91 Å². The second-order valence-corrected chi connectivity index (χ2v) is 23.9. The normalized spacial score (nSPS) is 14.1. The van der Waals surface area contributed by atoms with E-state index in [0.29, 0.717) is 17.4 Å². The first-order chi connectivity index (χ1) is 34.5. The zero-order chi connectivity index (χ0) is 52.0. The molecule has 3 atom stereocenters. The van der Waals surface area contributed by atoms with E-state index < -0.39 is 20.0 Å². The number of aliphatic hydroxyl groups excluding tert-OH is 1.